The van der Waals surface area contributed by atoms with Crippen molar-refractivity contribution in [2.24, 2.45) is 0 Å². The molecule has 2 aromatic carbocycles. The normalized spacial score (nSPS) is 16.0. The standard InChI is InChI=1S/C36H48N8O4S/c1-22(2)48-28-13-12-24(5)31(26-14-19-43(20-15-26)21-16-30(45)44-17-9-18-44)33(28)38-36-39-34(32-25(6)41-42-35(32)40-36)37-27-10-7-8-11-29(27)49(46,47)23(3)4/h7-8,10-13,22-23,26H,9,14-21H2,1-6H3,(H3,37,38,39,40,41,42). The molecule has 0 radical (unpaired) electrons. The fourth-order valence-corrected chi connectivity index (χ4v) is 7.87. The second-order valence-corrected chi connectivity index (χ2v) is 16.2. The maximum atomic E-state index is 13.3. The lowest BCUT2D eigenvalue weighted by Gasteiger charge is -2.35. The Hall–Kier alpha value is -4.23. The number of carbonyl (C=O) groups excluding carboxylic acids is 1. The number of aromatic amines is 1. The van der Waals surface area contributed by atoms with Crippen LogP contribution < -0.4 is 15.4 Å². The van der Waals surface area contributed by atoms with Gasteiger partial charge in [-0.1, -0.05) is 18.2 Å². The van der Waals surface area contributed by atoms with Crippen LogP contribution in [0.4, 0.5) is 23.1 Å². The maximum Gasteiger partial charge on any atom is 0.231 e. The molecule has 0 unspecified atom stereocenters. The molecule has 13 heteroatoms. The second-order valence-electron chi connectivity index (χ2n) is 13.7. The summed E-state index contributed by atoms with van der Waals surface area (Å²) in [6.07, 6.45) is 3.53. The molecule has 1 amide bonds. The summed E-state index contributed by atoms with van der Waals surface area (Å²) in [5, 5.41) is 14.3. The summed E-state index contributed by atoms with van der Waals surface area (Å²) in [4.78, 5) is 26.8. The van der Waals surface area contributed by atoms with Crippen LogP contribution in [0.15, 0.2) is 41.3 Å². The lowest BCUT2D eigenvalue weighted by Crippen LogP contribution is -2.44. The Morgan fingerprint density at radius 2 is 1.73 bits per heavy atom. The molecule has 6 rings (SSSR count). The number of carbonyl (C=O) groups is 1. The molecule has 3 N–H and O–H groups in total. The van der Waals surface area contributed by atoms with Crippen LogP contribution in [-0.2, 0) is 14.6 Å². The van der Waals surface area contributed by atoms with E-state index in [-0.39, 0.29) is 22.8 Å². The van der Waals surface area contributed by atoms with Gasteiger partial charge in [-0.2, -0.15) is 15.1 Å². The zero-order chi connectivity index (χ0) is 34.9. The molecule has 262 valence electrons. The number of H-pyrrole nitrogens is 1. The third-order valence-electron chi connectivity index (χ3n) is 9.54. The van der Waals surface area contributed by atoms with Crippen LogP contribution in [0.2, 0.25) is 0 Å². The summed E-state index contributed by atoms with van der Waals surface area (Å²) in [6.45, 7) is 15.7. The molecule has 0 bridgehead atoms. The van der Waals surface area contributed by atoms with Crippen molar-refractivity contribution in [3.63, 3.8) is 0 Å². The average Bonchev–Trinajstić information content (AvgIpc) is 3.41. The number of aromatic nitrogens is 4. The number of nitrogens with one attached hydrogen (secondary N) is 3. The zero-order valence-electron chi connectivity index (χ0n) is 29.3. The number of nitrogens with zero attached hydrogens (tertiary/aromatic N) is 5. The largest absolute Gasteiger partial charge is 0.489 e. The van der Waals surface area contributed by atoms with Gasteiger partial charge in [0.15, 0.2) is 15.5 Å². The Kier molecular flexibility index (Phi) is 10.1. The van der Waals surface area contributed by atoms with Crippen LogP contribution in [-0.4, -0.2) is 88.4 Å². The van der Waals surface area contributed by atoms with Gasteiger partial charge in [-0.05, 0) is 109 Å². The van der Waals surface area contributed by atoms with Crippen molar-refractivity contribution < 1.29 is 17.9 Å². The van der Waals surface area contributed by atoms with Gasteiger partial charge in [0.25, 0.3) is 0 Å². The van der Waals surface area contributed by atoms with E-state index in [9.17, 15) is 13.2 Å². The number of piperidine rings is 1. The number of para-hydroxylation sites is 1. The molecule has 49 heavy (non-hydrogen) atoms. The van der Waals surface area contributed by atoms with Crippen molar-refractivity contribution in [3.8, 4) is 5.75 Å². The van der Waals surface area contributed by atoms with Gasteiger partial charge in [0, 0.05) is 26.1 Å². The molecule has 2 aromatic heterocycles. The first-order valence-corrected chi connectivity index (χ1v) is 18.9. The number of likely N-dealkylation sites (tertiary alicyclic amines) is 2. The summed E-state index contributed by atoms with van der Waals surface area (Å²) in [6, 6.07) is 11.0. The summed E-state index contributed by atoms with van der Waals surface area (Å²) < 4.78 is 32.9. The molecular formula is C36H48N8O4S. The van der Waals surface area contributed by atoms with Gasteiger partial charge < -0.3 is 25.2 Å². The van der Waals surface area contributed by atoms with Crippen molar-refractivity contribution in [2.45, 2.75) is 89.4 Å². The monoisotopic (exact) mass is 688 g/mol. The molecule has 2 aliphatic heterocycles. The highest BCUT2D eigenvalue weighted by molar-refractivity contribution is 7.92. The number of anilines is 4. The van der Waals surface area contributed by atoms with Crippen molar-refractivity contribution in [1.29, 1.82) is 0 Å². The van der Waals surface area contributed by atoms with Crippen LogP contribution >= 0.6 is 0 Å². The third kappa shape index (κ3) is 7.37. The molecule has 4 aromatic rings. The first kappa shape index (κ1) is 34.6. The van der Waals surface area contributed by atoms with Crippen molar-refractivity contribution >= 4 is 49.9 Å². The van der Waals surface area contributed by atoms with E-state index in [0.717, 1.165) is 63.2 Å². The van der Waals surface area contributed by atoms with Crippen LogP contribution in [0.1, 0.15) is 76.1 Å². The number of amides is 1. The molecule has 2 fully saturated rings. The number of ether oxygens (including phenoxy) is 1. The van der Waals surface area contributed by atoms with Gasteiger partial charge in [0.05, 0.1) is 38.7 Å². The van der Waals surface area contributed by atoms with Crippen LogP contribution in [0, 0.1) is 13.8 Å². The van der Waals surface area contributed by atoms with E-state index in [4.69, 9.17) is 14.7 Å². The SMILES string of the molecule is Cc1ccc(OC(C)C)c(Nc2nc(Nc3ccccc3S(=O)(=O)C(C)C)c3c(C)n[nH]c3n2)c1C1CCN(CCC(=O)N2CCC2)CC1. The topological polar surface area (TPSA) is 145 Å². The van der Waals surface area contributed by atoms with Gasteiger partial charge in [-0.3, -0.25) is 9.89 Å². The number of sulfone groups is 1. The van der Waals surface area contributed by atoms with Gasteiger partial charge in [-0.15, -0.1) is 0 Å². The van der Waals surface area contributed by atoms with E-state index in [1.165, 1.54) is 5.56 Å². The Bertz CT molecular complexity index is 1930. The van der Waals surface area contributed by atoms with E-state index in [0.29, 0.717) is 46.4 Å². The van der Waals surface area contributed by atoms with Gasteiger partial charge in [0.1, 0.15) is 11.6 Å². The van der Waals surface area contributed by atoms with E-state index < -0.39 is 15.1 Å². The van der Waals surface area contributed by atoms with Gasteiger partial charge >= 0.3 is 0 Å². The number of rotatable bonds is 12. The highest BCUT2D eigenvalue weighted by atomic mass is 32.2. The summed E-state index contributed by atoms with van der Waals surface area (Å²) in [7, 11) is -3.57. The maximum absolute atomic E-state index is 13.3. The van der Waals surface area contributed by atoms with Gasteiger partial charge in [0.2, 0.25) is 11.9 Å². The quantitative estimate of drug-likeness (QED) is 0.157. The smallest absolute Gasteiger partial charge is 0.231 e. The van der Waals surface area contributed by atoms with Crippen molar-refractivity contribution in [2.75, 3.05) is 43.4 Å². The van der Waals surface area contributed by atoms with Crippen molar-refractivity contribution in [1.82, 2.24) is 30.0 Å². The predicted octanol–water partition coefficient (Wildman–Crippen LogP) is 6.23. The number of fused-ring (bicyclic) bond motifs is 1. The number of aryl methyl sites for hydroxylation is 2. The lowest BCUT2D eigenvalue weighted by atomic mass is 9.85. The number of hydrogen-bond donors (Lipinski definition) is 3. The fraction of sp³-hybridized carbons (Fsp3) is 0.500. The first-order chi connectivity index (χ1) is 23.4. The molecule has 4 heterocycles. The lowest BCUT2D eigenvalue weighted by molar-refractivity contribution is -0.135. The minimum atomic E-state index is -3.57. The third-order valence-corrected chi connectivity index (χ3v) is 11.7. The van der Waals surface area contributed by atoms with Crippen LogP contribution in [0.25, 0.3) is 11.0 Å². The van der Waals surface area contributed by atoms with E-state index in [2.05, 4.69) is 38.7 Å². The Morgan fingerprint density at radius 3 is 2.41 bits per heavy atom. The molecule has 0 spiro atoms. The Balaban J connectivity index is 1.32. The zero-order valence-corrected chi connectivity index (χ0v) is 30.2. The number of benzene rings is 2. The number of hydrogen-bond acceptors (Lipinski definition) is 10. The first-order valence-electron chi connectivity index (χ1n) is 17.3. The molecule has 2 saturated heterocycles. The van der Waals surface area contributed by atoms with Crippen LogP contribution in [0.5, 0.6) is 5.75 Å². The second kappa shape index (κ2) is 14.3. The van der Waals surface area contributed by atoms with Crippen LogP contribution in [0.3, 0.4) is 0 Å². The minimum Gasteiger partial charge on any atom is -0.489 e. The molecule has 0 saturated carbocycles. The minimum absolute atomic E-state index is 0.0582. The highest BCUT2D eigenvalue weighted by Gasteiger charge is 2.29. The summed E-state index contributed by atoms with van der Waals surface area (Å²) in [5.41, 5.74) is 4.78. The van der Waals surface area contributed by atoms with E-state index in [1.54, 1.807) is 38.1 Å². The fourth-order valence-electron chi connectivity index (χ4n) is 6.67. The molecular weight excluding hydrogens is 641 g/mol. The average molecular weight is 689 g/mol. The Morgan fingerprint density at radius 1 is 1.00 bits per heavy atom. The van der Waals surface area contributed by atoms with E-state index in [1.807, 2.05) is 31.7 Å². The van der Waals surface area contributed by atoms with Crippen molar-refractivity contribution in [3.05, 3.63) is 53.2 Å². The molecule has 0 aliphatic carbocycles. The molecule has 12 nitrogen and oxygen atoms in total. The summed E-state index contributed by atoms with van der Waals surface area (Å²) >= 11 is 0. The predicted molar refractivity (Wildman–Crippen MR) is 193 cm³/mol. The highest BCUT2D eigenvalue weighted by Crippen LogP contribution is 2.42. The van der Waals surface area contributed by atoms with Gasteiger partial charge in [-0.25, -0.2) is 8.42 Å². The van der Waals surface area contributed by atoms with E-state index >= 15 is 0 Å². The molecule has 2 aliphatic rings. The summed E-state index contributed by atoms with van der Waals surface area (Å²) in [5.74, 6) is 2.00. The molecule has 0 atom stereocenters. The Labute approximate surface area is 289 Å².